The lowest BCUT2D eigenvalue weighted by molar-refractivity contribution is 0.0656. The molecular formula is C32H26N4O5. The standard InChI is InChI=1S/C32H26N4O5/c1-40-27-14-7-19(17-28(27)41-2)15-16-36-31(38)23-13-10-21(18-24(23)32(36)39)30(37)33-22-11-8-20(9-12-22)29-34-25-5-3-4-6-26(25)35-29/h3-14,17-18H,15-16H2,1-2H3,(H,33,37)(H,34,35). The molecule has 0 bridgehead atoms. The first kappa shape index (κ1) is 25.8. The molecule has 0 spiro atoms. The number of imide groups is 1. The Balaban J connectivity index is 1.13. The summed E-state index contributed by atoms with van der Waals surface area (Å²) in [5.41, 5.74) is 4.99. The number of nitrogens with zero attached hydrogens (tertiary/aromatic N) is 2. The van der Waals surface area contributed by atoms with Crippen LogP contribution in [-0.4, -0.2) is 53.4 Å². The van der Waals surface area contributed by atoms with Crippen LogP contribution in [0.15, 0.2) is 84.9 Å². The Hall–Kier alpha value is -5.44. The summed E-state index contributed by atoms with van der Waals surface area (Å²) in [6.45, 7) is 0.195. The summed E-state index contributed by atoms with van der Waals surface area (Å²) in [7, 11) is 3.11. The number of aromatic nitrogens is 2. The smallest absolute Gasteiger partial charge is 0.261 e. The number of anilines is 1. The predicted molar refractivity (Wildman–Crippen MR) is 155 cm³/mol. The summed E-state index contributed by atoms with van der Waals surface area (Å²) in [5, 5.41) is 2.86. The molecule has 0 atom stereocenters. The second-order valence-electron chi connectivity index (χ2n) is 9.60. The zero-order valence-corrected chi connectivity index (χ0v) is 22.4. The van der Waals surface area contributed by atoms with Crippen molar-refractivity contribution in [2.24, 2.45) is 0 Å². The van der Waals surface area contributed by atoms with Crippen molar-refractivity contribution in [2.45, 2.75) is 6.42 Å². The molecule has 0 saturated carbocycles. The van der Waals surface area contributed by atoms with E-state index in [1.165, 1.54) is 17.0 Å². The monoisotopic (exact) mass is 546 g/mol. The van der Waals surface area contributed by atoms with Crippen molar-refractivity contribution >= 4 is 34.4 Å². The molecule has 6 rings (SSSR count). The van der Waals surface area contributed by atoms with E-state index in [1.807, 2.05) is 48.5 Å². The van der Waals surface area contributed by atoms with Gasteiger partial charge in [0.2, 0.25) is 0 Å². The fourth-order valence-electron chi connectivity index (χ4n) is 4.92. The van der Waals surface area contributed by atoms with Crippen LogP contribution in [0.3, 0.4) is 0 Å². The number of aromatic amines is 1. The molecule has 204 valence electrons. The maximum atomic E-state index is 13.1. The Morgan fingerprint density at radius 3 is 2.37 bits per heavy atom. The Bertz CT molecular complexity index is 1780. The third kappa shape index (κ3) is 4.89. The molecule has 0 saturated heterocycles. The van der Waals surface area contributed by atoms with Crippen molar-refractivity contribution in [2.75, 3.05) is 26.1 Å². The topological polar surface area (TPSA) is 114 Å². The zero-order valence-electron chi connectivity index (χ0n) is 22.4. The van der Waals surface area contributed by atoms with Gasteiger partial charge in [-0.15, -0.1) is 0 Å². The van der Waals surface area contributed by atoms with Gasteiger partial charge in [-0.2, -0.15) is 0 Å². The van der Waals surface area contributed by atoms with Crippen LogP contribution in [0.5, 0.6) is 11.5 Å². The Morgan fingerprint density at radius 1 is 0.854 bits per heavy atom. The van der Waals surface area contributed by atoms with Crippen molar-refractivity contribution in [3.8, 4) is 22.9 Å². The van der Waals surface area contributed by atoms with E-state index in [1.54, 1.807) is 38.5 Å². The van der Waals surface area contributed by atoms with E-state index >= 15 is 0 Å². The quantitative estimate of drug-likeness (QED) is 0.254. The number of amides is 3. The van der Waals surface area contributed by atoms with E-state index in [0.717, 1.165) is 28.0 Å². The average molecular weight is 547 g/mol. The molecule has 1 aliphatic rings. The van der Waals surface area contributed by atoms with Crippen LogP contribution < -0.4 is 14.8 Å². The summed E-state index contributed by atoms with van der Waals surface area (Å²) in [6, 6.07) is 25.1. The summed E-state index contributed by atoms with van der Waals surface area (Å²) >= 11 is 0. The highest BCUT2D eigenvalue weighted by Gasteiger charge is 2.35. The van der Waals surface area contributed by atoms with Gasteiger partial charge in [-0.3, -0.25) is 19.3 Å². The summed E-state index contributed by atoms with van der Waals surface area (Å²) in [5.74, 6) is 0.737. The first-order valence-corrected chi connectivity index (χ1v) is 13.0. The van der Waals surface area contributed by atoms with Crippen LogP contribution in [-0.2, 0) is 6.42 Å². The molecule has 5 aromatic rings. The molecule has 2 N–H and O–H groups in total. The van der Waals surface area contributed by atoms with Crippen molar-refractivity contribution in [1.29, 1.82) is 0 Å². The Kier molecular flexibility index (Phi) is 6.68. The number of carbonyl (C=O) groups is 3. The zero-order chi connectivity index (χ0) is 28.5. The van der Waals surface area contributed by atoms with Crippen molar-refractivity contribution in [1.82, 2.24) is 14.9 Å². The molecule has 0 unspecified atom stereocenters. The number of ether oxygens (including phenoxy) is 2. The molecule has 9 heteroatoms. The molecule has 0 fully saturated rings. The maximum Gasteiger partial charge on any atom is 0.261 e. The van der Waals surface area contributed by atoms with Gasteiger partial charge in [0.1, 0.15) is 5.82 Å². The van der Waals surface area contributed by atoms with Gasteiger partial charge in [0.15, 0.2) is 11.5 Å². The fraction of sp³-hybridized carbons (Fsp3) is 0.125. The minimum atomic E-state index is -0.421. The van der Waals surface area contributed by atoms with Crippen molar-refractivity contribution < 1.29 is 23.9 Å². The van der Waals surface area contributed by atoms with Gasteiger partial charge in [0, 0.05) is 23.4 Å². The number of benzene rings is 4. The number of nitrogens with one attached hydrogen (secondary N) is 2. The lowest BCUT2D eigenvalue weighted by Gasteiger charge is -2.14. The first-order chi connectivity index (χ1) is 19.9. The van der Waals surface area contributed by atoms with E-state index in [0.29, 0.717) is 23.6 Å². The maximum absolute atomic E-state index is 13.1. The number of carbonyl (C=O) groups excluding carboxylic acids is 3. The number of rotatable bonds is 8. The SMILES string of the molecule is COc1ccc(CCN2C(=O)c3ccc(C(=O)Nc4ccc(-c5nc6ccccc6[nH]5)cc4)cc3C2=O)cc1OC. The van der Waals surface area contributed by atoms with Gasteiger partial charge in [0.05, 0.1) is 36.4 Å². The molecule has 41 heavy (non-hydrogen) atoms. The second-order valence-corrected chi connectivity index (χ2v) is 9.60. The molecule has 3 amide bonds. The van der Waals surface area contributed by atoms with Crippen LogP contribution in [0.25, 0.3) is 22.4 Å². The van der Waals surface area contributed by atoms with Gasteiger partial charge in [0.25, 0.3) is 17.7 Å². The molecule has 4 aromatic carbocycles. The number of para-hydroxylation sites is 2. The fourth-order valence-corrected chi connectivity index (χ4v) is 4.92. The molecule has 9 nitrogen and oxygen atoms in total. The average Bonchev–Trinajstić information content (AvgIpc) is 3.54. The van der Waals surface area contributed by atoms with Crippen LogP contribution >= 0.6 is 0 Å². The molecule has 0 aliphatic carbocycles. The number of hydrogen-bond donors (Lipinski definition) is 2. The lowest BCUT2D eigenvalue weighted by atomic mass is 10.1. The highest BCUT2D eigenvalue weighted by Crippen LogP contribution is 2.29. The van der Waals surface area contributed by atoms with E-state index < -0.39 is 5.91 Å². The van der Waals surface area contributed by atoms with E-state index in [9.17, 15) is 14.4 Å². The van der Waals surface area contributed by atoms with Crippen LogP contribution in [0.2, 0.25) is 0 Å². The Labute approximate surface area is 235 Å². The van der Waals surface area contributed by atoms with Crippen LogP contribution in [0.4, 0.5) is 5.69 Å². The normalized spacial score (nSPS) is 12.5. The highest BCUT2D eigenvalue weighted by molar-refractivity contribution is 6.22. The molecule has 1 aliphatic heterocycles. The first-order valence-electron chi connectivity index (χ1n) is 13.0. The molecule has 1 aromatic heterocycles. The van der Waals surface area contributed by atoms with Crippen LogP contribution in [0, 0.1) is 0 Å². The minimum absolute atomic E-state index is 0.195. The van der Waals surface area contributed by atoms with Crippen molar-refractivity contribution in [3.63, 3.8) is 0 Å². The number of hydrogen-bond acceptors (Lipinski definition) is 6. The number of H-pyrrole nitrogens is 1. The van der Waals surface area contributed by atoms with Gasteiger partial charge < -0.3 is 19.8 Å². The van der Waals surface area contributed by atoms with Gasteiger partial charge >= 0.3 is 0 Å². The van der Waals surface area contributed by atoms with Crippen LogP contribution in [0.1, 0.15) is 36.6 Å². The largest absolute Gasteiger partial charge is 0.493 e. The number of methoxy groups -OCH3 is 2. The van der Waals surface area contributed by atoms with Gasteiger partial charge in [-0.25, -0.2) is 4.98 Å². The van der Waals surface area contributed by atoms with Gasteiger partial charge in [-0.05, 0) is 78.7 Å². The lowest BCUT2D eigenvalue weighted by Crippen LogP contribution is -2.31. The molecule has 2 heterocycles. The third-order valence-corrected chi connectivity index (χ3v) is 7.11. The van der Waals surface area contributed by atoms with Crippen molar-refractivity contribution in [3.05, 3.63) is 107 Å². The molecule has 0 radical (unpaired) electrons. The molecular weight excluding hydrogens is 520 g/mol. The minimum Gasteiger partial charge on any atom is -0.493 e. The van der Waals surface area contributed by atoms with E-state index in [2.05, 4.69) is 15.3 Å². The highest BCUT2D eigenvalue weighted by atomic mass is 16.5. The predicted octanol–water partition coefficient (Wildman–Crippen LogP) is 5.34. The summed E-state index contributed by atoms with van der Waals surface area (Å²) in [4.78, 5) is 48.2. The second kappa shape index (κ2) is 10.6. The van der Waals surface area contributed by atoms with Gasteiger partial charge in [-0.1, -0.05) is 18.2 Å². The number of imidazole rings is 1. The number of fused-ring (bicyclic) bond motifs is 2. The third-order valence-electron chi connectivity index (χ3n) is 7.11. The summed E-state index contributed by atoms with van der Waals surface area (Å²) < 4.78 is 10.6. The summed E-state index contributed by atoms with van der Waals surface area (Å²) in [6.07, 6.45) is 0.448. The van der Waals surface area contributed by atoms with E-state index in [-0.39, 0.29) is 35.0 Å². The van der Waals surface area contributed by atoms with E-state index in [4.69, 9.17) is 9.47 Å². The Morgan fingerprint density at radius 2 is 1.61 bits per heavy atom.